The molecular weight excluding hydrogens is 829 g/mol. The molecule has 0 spiro atoms. The van der Waals surface area contributed by atoms with Gasteiger partial charge in [0, 0.05) is 16.7 Å². The summed E-state index contributed by atoms with van der Waals surface area (Å²) in [6, 6.07) is 43.0. The summed E-state index contributed by atoms with van der Waals surface area (Å²) in [6.07, 6.45) is 5.64. The van der Waals surface area contributed by atoms with Crippen molar-refractivity contribution < 1.29 is 0 Å². The van der Waals surface area contributed by atoms with Gasteiger partial charge in [0.2, 0.25) is 0 Å². The molecular formula is C55H56N12. The first-order valence-corrected chi connectivity index (χ1v) is 22.9. The zero-order valence-corrected chi connectivity index (χ0v) is 39.9. The Hall–Kier alpha value is -7.47. The van der Waals surface area contributed by atoms with Gasteiger partial charge in [0.15, 0.2) is 17.5 Å². The predicted octanol–water partition coefficient (Wildman–Crippen LogP) is 10.8. The van der Waals surface area contributed by atoms with Crippen molar-refractivity contribution in [2.45, 2.75) is 96.9 Å². The number of hydrogen-bond donors (Lipinski definition) is 0. The van der Waals surface area contributed by atoms with Crippen molar-refractivity contribution in [3.8, 4) is 34.6 Å². The van der Waals surface area contributed by atoms with E-state index < -0.39 is 0 Å². The molecule has 4 aromatic heterocycles. The molecule has 0 bridgehead atoms. The Morgan fingerprint density at radius 1 is 0.373 bits per heavy atom. The highest BCUT2D eigenvalue weighted by Crippen LogP contribution is 2.44. The summed E-state index contributed by atoms with van der Waals surface area (Å²) in [4.78, 5) is 52.5. The summed E-state index contributed by atoms with van der Waals surface area (Å²) in [5.74, 6) is 3.94. The maximum Gasteiger partial charge on any atom is 0.182 e. The van der Waals surface area contributed by atoms with Crippen molar-refractivity contribution in [2.24, 2.45) is 15.0 Å². The van der Waals surface area contributed by atoms with E-state index in [0.29, 0.717) is 41.1 Å². The Kier molecular flexibility index (Phi) is 10.3. The number of amidine groups is 3. The number of hydrogen-bond acceptors (Lipinski definition) is 12. The highest BCUT2D eigenvalue weighted by atomic mass is 15.4. The fourth-order valence-corrected chi connectivity index (χ4v) is 9.08. The Labute approximate surface area is 393 Å². The van der Waals surface area contributed by atoms with Crippen molar-refractivity contribution in [3.05, 3.63) is 163 Å². The number of rotatable bonds is 9. The van der Waals surface area contributed by atoms with Crippen molar-refractivity contribution in [1.82, 2.24) is 29.9 Å². The van der Waals surface area contributed by atoms with Crippen molar-refractivity contribution in [3.63, 3.8) is 0 Å². The second kappa shape index (κ2) is 15.9. The third kappa shape index (κ3) is 7.44. The molecule has 10 rings (SSSR count). The van der Waals surface area contributed by atoms with E-state index >= 15 is 0 Å². The number of benzene rings is 3. The van der Waals surface area contributed by atoms with Crippen LogP contribution in [0.25, 0.3) is 34.6 Å². The van der Waals surface area contributed by atoms with Crippen LogP contribution >= 0.6 is 0 Å². The van der Waals surface area contributed by atoms with Gasteiger partial charge >= 0.3 is 0 Å². The largest absolute Gasteiger partial charge is 0.317 e. The molecule has 0 atom stereocenters. The lowest BCUT2D eigenvalue weighted by Crippen LogP contribution is -2.53. The summed E-state index contributed by atoms with van der Waals surface area (Å²) in [7, 11) is 0. The lowest BCUT2D eigenvalue weighted by atomic mass is 9.83. The van der Waals surface area contributed by atoms with E-state index in [1.165, 1.54) is 0 Å². The minimum Gasteiger partial charge on any atom is -0.317 e. The number of pyridine rings is 3. The van der Waals surface area contributed by atoms with E-state index in [9.17, 15) is 0 Å². The van der Waals surface area contributed by atoms with E-state index in [-0.39, 0.29) is 27.7 Å². The van der Waals surface area contributed by atoms with Crippen LogP contribution in [-0.4, -0.2) is 81.7 Å². The molecule has 7 heterocycles. The summed E-state index contributed by atoms with van der Waals surface area (Å²) in [5, 5.41) is 0. The number of anilines is 3. The molecule has 0 amide bonds. The van der Waals surface area contributed by atoms with Crippen LogP contribution in [0.2, 0.25) is 0 Å². The highest BCUT2D eigenvalue weighted by Gasteiger charge is 2.51. The summed E-state index contributed by atoms with van der Waals surface area (Å²) < 4.78 is 0. The minimum atomic E-state index is -0.364. The summed E-state index contributed by atoms with van der Waals surface area (Å²) in [5.41, 5.74) is 6.00. The average Bonchev–Trinajstić information content (AvgIpc) is 3.83. The van der Waals surface area contributed by atoms with Gasteiger partial charge < -0.3 is 14.7 Å². The summed E-state index contributed by atoms with van der Waals surface area (Å²) in [6.45, 7) is 22.7. The third-order valence-corrected chi connectivity index (χ3v) is 14.2. The van der Waals surface area contributed by atoms with Crippen LogP contribution in [0.4, 0.5) is 17.1 Å². The van der Waals surface area contributed by atoms with Crippen molar-refractivity contribution in [1.29, 1.82) is 0 Å². The molecule has 0 saturated heterocycles. The van der Waals surface area contributed by atoms with Crippen LogP contribution in [-0.2, 0) is 0 Å². The Morgan fingerprint density at radius 2 is 0.701 bits per heavy atom. The normalized spacial score (nSPS) is 18.7. The first-order chi connectivity index (χ1) is 31.9. The molecule has 12 nitrogen and oxygen atoms in total. The van der Waals surface area contributed by atoms with Gasteiger partial charge in [-0.15, -0.1) is 0 Å². The molecule has 0 N–H and O–H groups in total. The summed E-state index contributed by atoms with van der Waals surface area (Å²) >= 11 is 0. The van der Waals surface area contributed by atoms with Crippen LogP contribution in [0, 0.1) is 0 Å². The average molecular weight is 885 g/mol. The minimum absolute atomic E-state index is 0.251. The SMILES string of the molecule is CC1(C)CN=C(c2ccccc2)N1c1ccc(-c2nc(-c3ccc(N4C(c5ccccc5)=NC(C)(C)C4(C)C)cn3)nc(-c3ccc(N4C(c5ccccc5)=NC(C)(C)C4(C)C)cn3)n2)nc1. The first-order valence-electron chi connectivity index (χ1n) is 22.9. The highest BCUT2D eigenvalue weighted by molar-refractivity contribution is 6.14. The smallest absolute Gasteiger partial charge is 0.182 e. The monoisotopic (exact) mass is 884 g/mol. The standard InChI is InChI=1S/C55H56N12/c1-51(2)35-59-48(36-20-14-11-15-21-36)65(51)39-26-29-42(56-32-39)45-60-46(43-30-27-40(33-57-43)66-49(37-22-16-12-17-23-37)63-52(3,4)54(66,7)8)62-47(61-45)44-31-28-41(34-58-44)67-50(38-24-18-13-19-25-38)64-53(5,6)55(67,9)10/h11-34H,35H2,1-10H3. The van der Waals surface area contributed by atoms with Gasteiger partial charge in [-0.3, -0.25) is 29.9 Å². The maximum atomic E-state index is 5.25. The van der Waals surface area contributed by atoms with Crippen LogP contribution < -0.4 is 14.7 Å². The molecule has 0 saturated carbocycles. The predicted molar refractivity (Wildman–Crippen MR) is 271 cm³/mol. The third-order valence-electron chi connectivity index (χ3n) is 14.2. The maximum absolute atomic E-state index is 5.25. The van der Waals surface area contributed by atoms with E-state index in [4.69, 9.17) is 44.9 Å². The molecule has 67 heavy (non-hydrogen) atoms. The number of aromatic nitrogens is 6. The molecule has 336 valence electrons. The quantitative estimate of drug-likeness (QED) is 0.139. The van der Waals surface area contributed by atoms with Gasteiger partial charge in [-0.25, -0.2) is 15.0 Å². The zero-order valence-electron chi connectivity index (χ0n) is 39.9. The van der Waals surface area contributed by atoms with Gasteiger partial charge in [-0.2, -0.15) is 0 Å². The Morgan fingerprint density at radius 3 is 1.03 bits per heavy atom. The van der Waals surface area contributed by atoms with Gasteiger partial charge in [0.1, 0.15) is 34.6 Å². The second-order valence-electron chi connectivity index (χ2n) is 20.2. The number of nitrogens with zero attached hydrogens (tertiary/aromatic N) is 12. The van der Waals surface area contributed by atoms with E-state index in [1.807, 2.05) is 91.4 Å². The zero-order chi connectivity index (χ0) is 46.9. The first kappa shape index (κ1) is 43.4. The van der Waals surface area contributed by atoms with E-state index in [1.54, 1.807) is 0 Å². The van der Waals surface area contributed by atoms with E-state index in [0.717, 1.165) is 51.3 Å². The topological polar surface area (TPSA) is 124 Å². The van der Waals surface area contributed by atoms with Crippen LogP contribution in [0.3, 0.4) is 0 Å². The molecule has 12 heteroatoms. The molecule has 3 aliphatic heterocycles. The lowest BCUT2D eigenvalue weighted by Gasteiger charge is -2.41. The second-order valence-corrected chi connectivity index (χ2v) is 20.2. The fourth-order valence-electron chi connectivity index (χ4n) is 9.08. The fraction of sp³-hybridized carbons (Fsp3) is 0.291. The number of aliphatic imine (C=N–C) groups is 3. The molecule has 0 radical (unpaired) electrons. The van der Waals surface area contributed by atoms with Crippen molar-refractivity contribution in [2.75, 3.05) is 21.2 Å². The van der Waals surface area contributed by atoms with Crippen LogP contribution in [0.5, 0.6) is 0 Å². The molecule has 0 aliphatic carbocycles. The van der Waals surface area contributed by atoms with Crippen LogP contribution in [0.1, 0.15) is 85.9 Å². The molecule has 3 aliphatic rings. The Balaban J connectivity index is 1.04. The molecule has 0 unspecified atom stereocenters. The molecule has 0 fully saturated rings. The molecule has 7 aromatic rings. The van der Waals surface area contributed by atoms with Crippen molar-refractivity contribution >= 4 is 34.6 Å². The van der Waals surface area contributed by atoms with Gasteiger partial charge in [0.25, 0.3) is 0 Å². The van der Waals surface area contributed by atoms with Gasteiger partial charge in [-0.1, -0.05) is 91.0 Å². The molecule has 3 aromatic carbocycles. The van der Waals surface area contributed by atoms with Gasteiger partial charge in [-0.05, 0) is 106 Å². The Bertz CT molecular complexity index is 2900. The van der Waals surface area contributed by atoms with Gasteiger partial charge in [0.05, 0.1) is 69.9 Å². The lowest BCUT2D eigenvalue weighted by molar-refractivity contribution is 0.338. The van der Waals surface area contributed by atoms with Crippen LogP contribution in [0.15, 0.2) is 161 Å². The van der Waals surface area contributed by atoms with E-state index in [2.05, 4.69) is 139 Å².